The number of rotatable bonds is 4. The third kappa shape index (κ3) is 3.63. The second-order valence-electron chi connectivity index (χ2n) is 10.2. The Hall–Kier alpha value is -3.43. The van der Waals surface area contributed by atoms with Crippen LogP contribution in [0.3, 0.4) is 0 Å². The number of hydrogen-bond acceptors (Lipinski definition) is 6. The Morgan fingerprint density at radius 1 is 1.08 bits per heavy atom. The number of hydrogen-bond donors (Lipinski definition) is 0. The zero-order valence-corrected chi connectivity index (χ0v) is 21.3. The van der Waals surface area contributed by atoms with Crippen LogP contribution in [-0.2, 0) is 27.7 Å². The topological polar surface area (TPSA) is 67.7 Å². The molecule has 0 spiro atoms. The van der Waals surface area contributed by atoms with E-state index in [1.54, 1.807) is 30.3 Å². The van der Waals surface area contributed by atoms with Gasteiger partial charge in [0.2, 0.25) is 0 Å². The van der Waals surface area contributed by atoms with Crippen molar-refractivity contribution >= 4 is 32.4 Å². The molecule has 0 saturated carbocycles. The van der Waals surface area contributed by atoms with E-state index >= 15 is 0 Å². The van der Waals surface area contributed by atoms with Gasteiger partial charge in [-0.05, 0) is 55.8 Å². The maximum Gasteiger partial charge on any atom is 0.268 e. The normalized spacial score (nSPS) is 21.1. The molecule has 7 rings (SSSR count). The second-order valence-corrected chi connectivity index (χ2v) is 12.0. The Balaban J connectivity index is 1.25. The average Bonchev–Trinajstić information content (AvgIpc) is 3.62. The van der Waals surface area contributed by atoms with E-state index in [0.29, 0.717) is 37.2 Å². The number of pyridine rings is 1. The Bertz CT molecular complexity index is 1620. The lowest BCUT2D eigenvalue weighted by molar-refractivity contribution is 0.0989. The zero-order chi connectivity index (χ0) is 25.3. The molecular formula is C28H27FN4O3S. The molecule has 2 aromatic heterocycles. The van der Waals surface area contributed by atoms with E-state index in [0.717, 1.165) is 53.3 Å². The molecule has 9 heteroatoms. The van der Waals surface area contributed by atoms with Gasteiger partial charge < -0.3 is 14.5 Å². The van der Waals surface area contributed by atoms with Crippen molar-refractivity contribution in [1.29, 1.82) is 0 Å². The van der Waals surface area contributed by atoms with Gasteiger partial charge >= 0.3 is 0 Å². The number of nitrogens with zero attached hydrogens (tertiary/aromatic N) is 4. The summed E-state index contributed by atoms with van der Waals surface area (Å²) in [7, 11) is -3.90. The van der Waals surface area contributed by atoms with Crippen LogP contribution in [0, 0.1) is 12.7 Å². The highest BCUT2D eigenvalue weighted by atomic mass is 32.2. The molecule has 0 aliphatic carbocycles. The van der Waals surface area contributed by atoms with E-state index in [1.165, 1.54) is 16.1 Å². The third-order valence-electron chi connectivity index (χ3n) is 7.92. The Morgan fingerprint density at radius 3 is 2.62 bits per heavy atom. The number of morpholine rings is 1. The van der Waals surface area contributed by atoms with Crippen molar-refractivity contribution in [2.45, 2.75) is 43.4 Å². The number of aromatic nitrogens is 2. The molecule has 0 N–H and O–H groups in total. The highest BCUT2D eigenvalue weighted by molar-refractivity contribution is 7.90. The van der Waals surface area contributed by atoms with Gasteiger partial charge in [0, 0.05) is 42.7 Å². The molecule has 5 heterocycles. The van der Waals surface area contributed by atoms with Gasteiger partial charge in [-0.15, -0.1) is 0 Å². The van der Waals surface area contributed by atoms with Gasteiger partial charge in [-0.3, -0.25) is 0 Å². The number of aryl methyl sites for hydroxylation is 1. The fraction of sp³-hybridized carbons (Fsp3) is 0.321. The van der Waals surface area contributed by atoms with Gasteiger partial charge in [0.25, 0.3) is 10.0 Å². The SMILES string of the molecule is Cc1ccc(S(=O)(=O)n2c3c(c4ccc(F)cc42)CN(c2ccc(N4C[C@H]5C[C@@H]4CO5)nc2)CC3)cc1. The smallest absolute Gasteiger partial charge is 0.268 e. The van der Waals surface area contributed by atoms with Gasteiger partial charge in [0.1, 0.15) is 11.6 Å². The van der Waals surface area contributed by atoms with E-state index in [2.05, 4.69) is 21.9 Å². The number of anilines is 2. The van der Waals surface area contributed by atoms with Gasteiger partial charge in [-0.25, -0.2) is 21.8 Å². The molecule has 0 amide bonds. The molecule has 3 aliphatic heterocycles. The van der Waals surface area contributed by atoms with Crippen molar-refractivity contribution in [1.82, 2.24) is 8.96 Å². The lowest BCUT2D eigenvalue weighted by Gasteiger charge is -2.31. The maximum absolute atomic E-state index is 14.3. The minimum Gasteiger partial charge on any atom is -0.374 e. The largest absolute Gasteiger partial charge is 0.374 e. The van der Waals surface area contributed by atoms with Crippen LogP contribution in [0.15, 0.2) is 65.7 Å². The highest BCUT2D eigenvalue weighted by Crippen LogP contribution is 2.37. The summed E-state index contributed by atoms with van der Waals surface area (Å²) in [6, 6.07) is 15.8. The van der Waals surface area contributed by atoms with E-state index in [1.807, 2.05) is 13.1 Å². The summed E-state index contributed by atoms with van der Waals surface area (Å²) in [6.45, 7) is 4.72. The molecule has 0 radical (unpaired) electrons. The predicted octanol–water partition coefficient (Wildman–Crippen LogP) is 4.26. The lowest BCUT2D eigenvalue weighted by Crippen LogP contribution is -2.37. The van der Waals surface area contributed by atoms with Gasteiger partial charge in [0.05, 0.1) is 41.0 Å². The quantitative estimate of drug-likeness (QED) is 0.402. The number of ether oxygens (including phenoxy) is 1. The van der Waals surface area contributed by atoms with Crippen LogP contribution in [0.2, 0.25) is 0 Å². The first-order valence-electron chi connectivity index (χ1n) is 12.6. The van der Waals surface area contributed by atoms with Crippen molar-refractivity contribution in [2.24, 2.45) is 0 Å². The van der Waals surface area contributed by atoms with Crippen LogP contribution in [0.5, 0.6) is 0 Å². The van der Waals surface area contributed by atoms with Crippen LogP contribution in [0.25, 0.3) is 10.9 Å². The maximum atomic E-state index is 14.3. The van der Waals surface area contributed by atoms with Crippen LogP contribution in [-0.4, -0.2) is 49.2 Å². The Labute approximate surface area is 215 Å². The lowest BCUT2D eigenvalue weighted by atomic mass is 10.0. The third-order valence-corrected chi connectivity index (χ3v) is 9.68. The standard InChI is InChI=1S/C28H27FN4O3S/c1-18-2-6-23(7-3-18)37(34,35)33-26-10-11-31(16-25(26)24-8-4-19(29)12-27(24)33)20-5-9-28(30-14-20)32-15-22-13-21(32)17-36-22/h2-9,12,14,21-22H,10-11,13,15-17H2,1H3/t21-,22-/m1/s1. The first kappa shape index (κ1) is 22.7. The predicted molar refractivity (Wildman–Crippen MR) is 140 cm³/mol. The fourth-order valence-electron chi connectivity index (χ4n) is 6.02. The second kappa shape index (κ2) is 8.29. The van der Waals surface area contributed by atoms with Crippen molar-refractivity contribution < 1.29 is 17.5 Å². The summed E-state index contributed by atoms with van der Waals surface area (Å²) < 4.78 is 49.0. The molecule has 2 aromatic carbocycles. The summed E-state index contributed by atoms with van der Waals surface area (Å²) in [4.78, 5) is 9.49. The van der Waals surface area contributed by atoms with E-state index in [-0.39, 0.29) is 4.90 Å². The summed E-state index contributed by atoms with van der Waals surface area (Å²) in [6.07, 6.45) is 3.79. The van der Waals surface area contributed by atoms with Crippen molar-refractivity contribution in [3.05, 3.63) is 83.4 Å². The minimum absolute atomic E-state index is 0.199. The van der Waals surface area contributed by atoms with E-state index in [9.17, 15) is 12.8 Å². The van der Waals surface area contributed by atoms with Crippen LogP contribution in [0.1, 0.15) is 23.2 Å². The Morgan fingerprint density at radius 2 is 1.92 bits per heavy atom. The summed E-state index contributed by atoms with van der Waals surface area (Å²) >= 11 is 0. The molecule has 7 nitrogen and oxygen atoms in total. The van der Waals surface area contributed by atoms with Crippen LogP contribution in [0.4, 0.5) is 15.9 Å². The average molecular weight is 519 g/mol. The number of halogens is 1. The van der Waals surface area contributed by atoms with E-state index in [4.69, 9.17) is 9.72 Å². The molecule has 190 valence electrons. The summed E-state index contributed by atoms with van der Waals surface area (Å²) in [5.41, 5.74) is 3.97. The van der Waals surface area contributed by atoms with Gasteiger partial charge in [-0.2, -0.15) is 0 Å². The molecule has 2 fully saturated rings. The molecule has 2 saturated heterocycles. The summed E-state index contributed by atoms with van der Waals surface area (Å²) in [5, 5.41) is 0.759. The minimum atomic E-state index is -3.90. The Kier molecular flexibility index (Phi) is 5.10. The summed E-state index contributed by atoms with van der Waals surface area (Å²) in [5.74, 6) is 0.508. The molecule has 2 atom stereocenters. The molecule has 2 bridgehead atoms. The molecule has 3 aliphatic rings. The zero-order valence-electron chi connectivity index (χ0n) is 20.5. The first-order chi connectivity index (χ1) is 17.9. The highest BCUT2D eigenvalue weighted by Gasteiger charge is 2.39. The number of benzene rings is 2. The fourth-order valence-corrected chi connectivity index (χ4v) is 7.61. The number of fused-ring (bicyclic) bond motifs is 5. The van der Waals surface area contributed by atoms with Gasteiger partial charge in [-0.1, -0.05) is 17.7 Å². The van der Waals surface area contributed by atoms with E-state index < -0.39 is 15.8 Å². The van der Waals surface area contributed by atoms with Crippen LogP contribution >= 0.6 is 0 Å². The van der Waals surface area contributed by atoms with Crippen molar-refractivity contribution in [2.75, 3.05) is 29.5 Å². The van der Waals surface area contributed by atoms with Crippen molar-refractivity contribution in [3.63, 3.8) is 0 Å². The molecule has 0 unspecified atom stereocenters. The molecule has 4 aromatic rings. The first-order valence-corrected chi connectivity index (χ1v) is 14.1. The van der Waals surface area contributed by atoms with Gasteiger partial charge in [0.15, 0.2) is 0 Å². The monoisotopic (exact) mass is 518 g/mol. The molecule has 37 heavy (non-hydrogen) atoms. The van der Waals surface area contributed by atoms with Crippen LogP contribution < -0.4 is 9.80 Å². The molecular weight excluding hydrogens is 491 g/mol. The van der Waals surface area contributed by atoms with Crippen molar-refractivity contribution in [3.8, 4) is 0 Å².